The van der Waals surface area contributed by atoms with E-state index in [0.29, 0.717) is 31.5 Å². The summed E-state index contributed by atoms with van der Waals surface area (Å²) in [6, 6.07) is 15.4. The average Bonchev–Trinajstić information content (AvgIpc) is 3.34. The molecule has 0 N–H and O–H groups in total. The molecule has 1 saturated heterocycles. The molecule has 0 aromatic heterocycles. The first-order valence-corrected chi connectivity index (χ1v) is 16.4. The van der Waals surface area contributed by atoms with Crippen LogP contribution in [-0.2, 0) is 27.8 Å². The number of likely N-dealkylation sites (N-methyl/N-ethyl adjacent to an activating group) is 1. The Bertz CT molecular complexity index is 1280. The Morgan fingerprint density at radius 1 is 1.05 bits per heavy atom. The number of benzene rings is 2. The Hall–Kier alpha value is -2.86. The second kappa shape index (κ2) is 12.4. The molecule has 1 saturated carbocycles. The maximum Gasteiger partial charge on any atom is 0.222 e. The number of hydrogen-bond donors (Lipinski definition) is 0. The first-order valence-electron chi connectivity index (χ1n) is 16.4. The smallest absolute Gasteiger partial charge is 0.222 e. The standard InChI is InChI=1S/C36H48N2O4/c1-4-38(32(40)16-12-7-5-6-9-13-26-14-10-8-11-15-26)29-19-18-28-30-23-27-17-20-31(41-3)34-33(27)36(28,35(29)42-34)21-22-37(30)24-25(2)39/h8,10-11,14-15,17,20,28-30,35H,4-7,9,12-13,16,18-19,21-24H2,1-3H3/t28-,29-,30+,35-,36-/m0/s1. The fraction of sp³-hybridized carbons (Fsp3) is 0.611. The minimum absolute atomic E-state index is 0.0627. The summed E-state index contributed by atoms with van der Waals surface area (Å²) in [5.74, 6) is 2.65. The van der Waals surface area contributed by atoms with Gasteiger partial charge in [0, 0.05) is 30.0 Å². The molecule has 0 unspecified atom stereocenters. The predicted molar refractivity (Wildman–Crippen MR) is 165 cm³/mol. The first-order chi connectivity index (χ1) is 20.5. The molecule has 6 heteroatoms. The van der Waals surface area contributed by atoms with Crippen molar-refractivity contribution in [3.63, 3.8) is 0 Å². The largest absolute Gasteiger partial charge is 0.493 e. The zero-order chi connectivity index (χ0) is 29.3. The van der Waals surface area contributed by atoms with Crippen LogP contribution in [-0.4, -0.2) is 66.4 Å². The van der Waals surface area contributed by atoms with Crippen LogP contribution in [0, 0.1) is 5.92 Å². The van der Waals surface area contributed by atoms with Crippen LogP contribution in [0.5, 0.6) is 11.5 Å². The molecule has 42 heavy (non-hydrogen) atoms. The molecule has 2 aliphatic carbocycles. The van der Waals surface area contributed by atoms with Gasteiger partial charge in [0.25, 0.3) is 0 Å². The van der Waals surface area contributed by atoms with Gasteiger partial charge in [-0.25, -0.2) is 0 Å². The van der Waals surface area contributed by atoms with Gasteiger partial charge in [0.05, 0.1) is 19.7 Å². The fourth-order valence-electron chi connectivity index (χ4n) is 9.07. The average molecular weight is 573 g/mol. The van der Waals surface area contributed by atoms with Crippen LogP contribution in [0.15, 0.2) is 42.5 Å². The van der Waals surface area contributed by atoms with Crippen LogP contribution in [0.3, 0.4) is 0 Å². The highest BCUT2D eigenvalue weighted by Crippen LogP contribution is 2.64. The molecule has 1 spiro atoms. The predicted octanol–water partition coefficient (Wildman–Crippen LogP) is 6.12. The summed E-state index contributed by atoms with van der Waals surface area (Å²) in [7, 11) is 1.72. The number of hydrogen-bond acceptors (Lipinski definition) is 5. The summed E-state index contributed by atoms with van der Waals surface area (Å²) >= 11 is 0. The molecule has 4 aliphatic rings. The van der Waals surface area contributed by atoms with E-state index in [1.807, 2.05) is 6.07 Å². The maximum atomic E-state index is 13.7. The number of unbranched alkanes of at least 4 members (excludes halogenated alkanes) is 4. The SMILES string of the molecule is CCN(C(=O)CCCCCCCc1ccccc1)[C@H]1CC[C@H]2[C@H]3Cc4ccc(OC)c5c4[C@@]2(CCN3CC(C)=O)[C@H]1O5. The molecule has 5 atom stereocenters. The number of Topliss-reactive ketones (excluding diaryl/α,β-unsaturated/α-hetero) is 1. The van der Waals surface area contributed by atoms with Crippen molar-refractivity contribution in [3.8, 4) is 11.5 Å². The van der Waals surface area contributed by atoms with Crippen molar-refractivity contribution in [2.24, 2.45) is 5.92 Å². The summed E-state index contributed by atoms with van der Waals surface area (Å²) in [6.07, 6.45) is 11.3. The Morgan fingerprint density at radius 3 is 2.60 bits per heavy atom. The second-order valence-corrected chi connectivity index (χ2v) is 13.1. The lowest BCUT2D eigenvalue weighted by Crippen LogP contribution is -2.69. The van der Waals surface area contributed by atoms with Crippen molar-refractivity contribution in [2.45, 2.75) is 108 Å². The Balaban J connectivity index is 1.14. The van der Waals surface area contributed by atoms with Crippen LogP contribution in [0.25, 0.3) is 0 Å². The van der Waals surface area contributed by atoms with Crippen molar-refractivity contribution in [1.82, 2.24) is 9.80 Å². The lowest BCUT2D eigenvalue weighted by Gasteiger charge is -2.60. The number of likely N-dealkylation sites (tertiary alicyclic amines) is 1. The van der Waals surface area contributed by atoms with Gasteiger partial charge in [-0.1, -0.05) is 55.7 Å². The van der Waals surface area contributed by atoms with Crippen LogP contribution in [0.2, 0.25) is 0 Å². The zero-order valence-corrected chi connectivity index (χ0v) is 25.8. The van der Waals surface area contributed by atoms with Crippen LogP contribution < -0.4 is 9.47 Å². The van der Waals surface area contributed by atoms with Gasteiger partial charge in [-0.05, 0) is 88.4 Å². The third-order valence-electron chi connectivity index (χ3n) is 10.8. The van der Waals surface area contributed by atoms with Gasteiger partial charge in [-0.15, -0.1) is 0 Å². The molecular weight excluding hydrogens is 524 g/mol. The molecule has 226 valence electrons. The molecule has 6 nitrogen and oxygen atoms in total. The van der Waals surface area contributed by atoms with Gasteiger partial charge in [-0.3, -0.25) is 14.5 Å². The van der Waals surface area contributed by atoms with Crippen LogP contribution in [0.1, 0.15) is 88.3 Å². The van der Waals surface area contributed by atoms with Gasteiger partial charge in [0.15, 0.2) is 11.5 Å². The van der Waals surface area contributed by atoms with E-state index in [-0.39, 0.29) is 29.3 Å². The molecule has 1 amide bonds. The van der Waals surface area contributed by atoms with E-state index in [0.717, 1.165) is 63.0 Å². The number of rotatable bonds is 13. The van der Waals surface area contributed by atoms with Gasteiger partial charge in [0.2, 0.25) is 5.91 Å². The number of methoxy groups -OCH3 is 1. The highest BCUT2D eigenvalue weighted by Gasteiger charge is 2.66. The van der Waals surface area contributed by atoms with E-state index in [9.17, 15) is 9.59 Å². The second-order valence-electron chi connectivity index (χ2n) is 13.1. The van der Waals surface area contributed by atoms with Crippen LogP contribution in [0.4, 0.5) is 0 Å². The van der Waals surface area contributed by atoms with Crippen molar-refractivity contribution >= 4 is 11.7 Å². The van der Waals surface area contributed by atoms with Gasteiger partial charge < -0.3 is 14.4 Å². The van der Waals surface area contributed by atoms with E-state index in [1.54, 1.807) is 14.0 Å². The van der Waals surface area contributed by atoms with E-state index in [2.05, 4.69) is 53.1 Å². The van der Waals surface area contributed by atoms with E-state index < -0.39 is 0 Å². The summed E-state index contributed by atoms with van der Waals surface area (Å²) in [5.41, 5.74) is 3.98. The lowest BCUT2D eigenvalue weighted by atomic mass is 9.51. The molecule has 2 aromatic rings. The fourth-order valence-corrected chi connectivity index (χ4v) is 9.07. The number of ether oxygens (including phenoxy) is 2. The molecule has 0 radical (unpaired) electrons. The maximum absolute atomic E-state index is 13.7. The van der Waals surface area contributed by atoms with Crippen LogP contribution >= 0.6 is 0 Å². The highest BCUT2D eigenvalue weighted by molar-refractivity contribution is 5.78. The number of amides is 1. The molecule has 2 bridgehead atoms. The van der Waals surface area contributed by atoms with E-state index in [1.165, 1.54) is 36.0 Å². The Morgan fingerprint density at radius 2 is 1.83 bits per heavy atom. The summed E-state index contributed by atoms with van der Waals surface area (Å²) < 4.78 is 12.8. The monoisotopic (exact) mass is 572 g/mol. The molecule has 2 aromatic carbocycles. The number of ketones is 1. The number of carbonyl (C=O) groups excluding carboxylic acids is 2. The van der Waals surface area contributed by atoms with Crippen molar-refractivity contribution in [1.29, 1.82) is 0 Å². The number of nitrogens with zero attached hydrogens (tertiary/aromatic N) is 2. The van der Waals surface area contributed by atoms with E-state index >= 15 is 0 Å². The Labute approximate surface area is 251 Å². The third kappa shape index (κ3) is 5.14. The quantitative estimate of drug-likeness (QED) is 0.271. The Kier molecular flexibility index (Phi) is 8.63. The minimum atomic E-state index is -0.120. The van der Waals surface area contributed by atoms with Crippen molar-refractivity contribution in [3.05, 3.63) is 59.2 Å². The summed E-state index contributed by atoms with van der Waals surface area (Å²) in [4.78, 5) is 30.5. The molecule has 2 fully saturated rings. The highest BCUT2D eigenvalue weighted by atomic mass is 16.5. The minimum Gasteiger partial charge on any atom is -0.493 e. The molecule has 2 aliphatic heterocycles. The lowest BCUT2D eigenvalue weighted by molar-refractivity contribution is -0.143. The number of aryl methyl sites for hydroxylation is 1. The summed E-state index contributed by atoms with van der Waals surface area (Å²) in [6.45, 7) is 5.96. The molecule has 2 heterocycles. The number of carbonyl (C=O) groups is 2. The molecular formula is C36H48N2O4. The van der Waals surface area contributed by atoms with E-state index in [4.69, 9.17) is 9.47 Å². The molecule has 6 rings (SSSR count). The zero-order valence-electron chi connectivity index (χ0n) is 25.8. The topological polar surface area (TPSA) is 59.1 Å². The normalized spacial score (nSPS) is 27.2. The van der Waals surface area contributed by atoms with Gasteiger partial charge in [-0.2, -0.15) is 0 Å². The number of piperidine rings is 1. The van der Waals surface area contributed by atoms with Crippen molar-refractivity contribution < 1.29 is 19.1 Å². The third-order valence-corrected chi connectivity index (χ3v) is 10.8. The van der Waals surface area contributed by atoms with Gasteiger partial charge >= 0.3 is 0 Å². The van der Waals surface area contributed by atoms with Crippen molar-refractivity contribution in [2.75, 3.05) is 26.7 Å². The first kappa shape index (κ1) is 29.2. The van der Waals surface area contributed by atoms with Gasteiger partial charge in [0.1, 0.15) is 11.9 Å². The summed E-state index contributed by atoms with van der Waals surface area (Å²) in [5, 5.41) is 0.